The number of carbonyl (C=O) groups is 6. The van der Waals surface area contributed by atoms with Crippen LogP contribution >= 0.6 is 31.1 Å². The highest BCUT2D eigenvalue weighted by Crippen LogP contribution is 2.40. The van der Waals surface area contributed by atoms with Crippen LogP contribution in [0.25, 0.3) is 5.00 Å². The molecule has 0 aliphatic carbocycles. The molecule has 3 aliphatic heterocycles. The van der Waals surface area contributed by atoms with E-state index in [0.29, 0.717) is 16.7 Å². The number of carbonyl (C=O) groups excluding carboxylic acids is 6. The van der Waals surface area contributed by atoms with Gasteiger partial charge in [0.2, 0.25) is 17.7 Å². The first-order valence-corrected chi connectivity index (χ1v) is 21.5. The van der Waals surface area contributed by atoms with Crippen molar-refractivity contribution in [1.29, 1.82) is 0 Å². The van der Waals surface area contributed by atoms with E-state index in [9.17, 15) is 28.8 Å². The van der Waals surface area contributed by atoms with E-state index in [1.165, 1.54) is 18.2 Å². The number of amides is 6. The number of hydrogen-bond donors (Lipinski definition) is 3. The third kappa shape index (κ3) is 8.17. The smallest absolute Gasteiger partial charge is 0.266 e. The van der Waals surface area contributed by atoms with Crippen LogP contribution in [0.2, 0.25) is 5.02 Å². The Labute approximate surface area is 343 Å². The zero-order valence-electron chi connectivity index (χ0n) is 32.3. The number of aryl methyl sites for hydroxylation is 2. The monoisotopic (exact) mass is 846 g/mol. The maximum atomic E-state index is 13.4. The van der Waals surface area contributed by atoms with Gasteiger partial charge in [0.05, 0.1) is 36.2 Å². The average molecular weight is 847 g/mol. The lowest BCUT2D eigenvalue weighted by Crippen LogP contribution is -2.54. The summed E-state index contributed by atoms with van der Waals surface area (Å²) in [5.74, 6) is -2.04. The summed E-state index contributed by atoms with van der Waals surface area (Å²) in [6.07, 6.45) is 0.299. The summed E-state index contributed by atoms with van der Waals surface area (Å²) in [6.45, 7) is 9.33. The molecule has 3 N–H and O–H groups in total. The molecule has 2 aromatic heterocycles. The SMILES string of the molecule is Cc1sc2c(c1C)C(c1ccc(Cl)cc1)=N[C@@H](CC(=O)NCP(C)OCC(C)NC(=O)COc1cccc3c1C(=O)N(C1CCC(=O)NC1=O)C3=O)c1nnc(C)n1-2. The van der Waals surface area contributed by atoms with Gasteiger partial charge in [-0.2, -0.15) is 0 Å². The van der Waals surface area contributed by atoms with Crippen molar-refractivity contribution in [3.05, 3.63) is 91.8 Å². The highest BCUT2D eigenvalue weighted by Gasteiger charge is 2.46. The number of fused-ring (bicyclic) bond motifs is 4. The molecular weight excluding hydrogens is 807 g/mol. The number of nitrogens with one attached hydrogen (secondary N) is 3. The lowest BCUT2D eigenvalue weighted by Gasteiger charge is -2.27. The zero-order chi connectivity index (χ0) is 41.4. The van der Waals surface area contributed by atoms with E-state index < -0.39 is 62.4 Å². The minimum atomic E-state index is -1.12. The second-order valence-electron chi connectivity index (χ2n) is 14.2. The summed E-state index contributed by atoms with van der Waals surface area (Å²) >= 11 is 7.85. The van der Waals surface area contributed by atoms with Gasteiger partial charge in [0.25, 0.3) is 17.7 Å². The predicted octanol–water partition coefficient (Wildman–Crippen LogP) is 4.29. The van der Waals surface area contributed by atoms with Crippen LogP contribution < -0.4 is 20.7 Å². The van der Waals surface area contributed by atoms with Crippen LogP contribution in [0.3, 0.4) is 0 Å². The van der Waals surface area contributed by atoms with Gasteiger partial charge in [-0.15, -0.1) is 21.5 Å². The van der Waals surface area contributed by atoms with E-state index in [2.05, 4.69) is 40.0 Å². The van der Waals surface area contributed by atoms with Gasteiger partial charge in [-0.25, -0.2) is 0 Å². The number of rotatable bonds is 13. The zero-order valence-corrected chi connectivity index (χ0v) is 34.7. The lowest BCUT2D eigenvalue weighted by molar-refractivity contribution is -0.136. The van der Waals surface area contributed by atoms with Crippen LogP contribution in [0.5, 0.6) is 5.75 Å². The molecule has 302 valence electrons. The summed E-state index contributed by atoms with van der Waals surface area (Å²) in [7, 11) is -1.12. The molecule has 16 nitrogen and oxygen atoms in total. The molecule has 0 bridgehead atoms. The fraction of sp³-hybridized carbons (Fsp3) is 0.359. The summed E-state index contributed by atoms with van der Waals surface area (Å²) in [5, 5.41) is 18.3. The topological polar surface area (TPSA) is 203 Å². The van der Waals surface area contributed by atoms with Crippen LogP contribution in [-0.2, 0) is 23.7 Å². The third-order valence-corrected chi connectivity index (χ3v) is 12.6. The van der Waals surface area contributed by atoms with Crippen LogP contribution in [0, 0.1) is 20.8 Å². The van der Waals surface area contributed by atoms with Gasteiger partial charge in [0.15, 0.2) is 12.4 Å². The molecule has 2 aromatic carbocycles. The lowest BCUT2D eigenvalue weighted by atomic mass is 9.99. The van der Waals surface area contributed by atoms with Gasteiger partial charge >= 0.3 is 0 Å². The van der Waals surface area contributed by atoms with Crippen molar-refractivity contribution in [2.24, 2.45) is 4.99 Å². The molecule has 6 amide bonds. The van der Waals surface area contributed by atoms with Crippen molar-refractivity contribution in [3.63, 3.8) is 0 Å². The number of halogens is 1. The van der Waals surface area contributed by atoms with Crippen LogP contribution in [0.4, 0.5) is 0 Å². The Morgan fingerprint density at radius 1 is 1.03 bits per heavy atom. The van der Waals surface area contributed by atoms with Crippen molar-refractivity contribution in [3.8, 4) is 10.8 Å². The minimum absolute atomic E-state index is 0.00497. The number of aliphatic imine (C=N–C) groups is 1. The van der Waals surface area contributed by atoms with E-state index in [1.807, 2.05) is 42.4 Å². The normalized spacial score (nSPS) is 18.4. The Morgan fingerprint density at radius 2 is 1.79 bits per heavy atom. The fourth-order valence-corrected chi connectivity index (χ4v) is 9.28. The Morgan fingerprint density at radius 3 is 2.53 bits per heavy atom. The molecule has 0 radical (unpaired) electrons. The first-order chi connectivity index (χ1) is 27.7. The number of thiophene rings is 1. The van der Waals surface area contributed by atoms with Gasteiger partial charge in [-0.3, -0.25) is 48.5 Å². The van der Waals surface area contributed by atoms with Crippen molar-refractivity contribution < 1.29 is 38.0 Å². The number of benzene rings is 2. The van der Waals surface area contributed by atoms with Crippen LogP contribution in [0.15, 0.2) is 47.5 Å². The Hall–Kier alpha value is -5.35. The second-order valence-corrected chi connectivity index (χ2v) is 17.6. The molecule has 19 heteroatoms. The van der Waals surface area contributed by atoms with Gasteiger partial charge < -0.3 is 19.9 Å². The molecule has 4 atom stereocenters. The van der Waals surface area contributed by atoms with E-state index in [-0.39, 0.29) is 54.9 Å². The molecule has 7 rings (SSSR count). The standard InChI is InChI=1S/C39H40ClN8O8PS/c1-19(42-31(51)17-55-28-8-6-7-25-33(28)38(54)48(37(25)53)27-13-14-29(49)44-36(27)52)16-56-57(5)18-41-30(50)15-26-35-46-45-22(4)47(35)39-32(20(2)21(3)58-39)34(43-26)23-9-11-24(40)12-10-23/h6-12,19,26-27H,13-18H2,1-5H3,(H,41,50)(H,42,51)(H,44,49,52)/t19?,26-,27?,57?/m0/s1. The predicted molar refractivity (Wildman–Crippen MR) is 216 cm³/mol. The van der Waals surface area contributed by atoms with Crippen molar-refractivity contribution in [2.45, 2.75) is 65.1 Å². The highest BCUT2D eigenvalue weighted by molar-refractivity contribution is 7.51. The first kappa shape index (κ1) is 40.8. The maximum absolute atomic E-state index is 13.4. The fourth-order valence-electron chi connectivity index (χ4n) is 6.97. The quantitative estimate of drug-likeness (QED) is 0.129. The van der Waals surface area contributed by atoms with Crippen LogP contribution in [0.1, 0.15) is 86.2 Å². The van der Waals surface area contributed by atoms with Crippen molar-refractivity contribution >= 4 is 72.2 Å². The number of imide groups is 2. The first-order valence-electron chi connectivity index (χ1n) is 18.5. The average Bonchev–Trinajstić information content (AvgIpc) is 3.76. The van der Waals surface area contributed by atoms with Crippen LogP contribution in [-0.4, -0.2) is 99.1 Å². The molecule has 0 spiro atoms. The highest BCUT2D eigenvalue weighted by atomic mass is 35.5. The van der Waals surface area contributed by atoms with Gasteiger partial charge in [0.1, 0.15) is 28.7 Å². The summed E-state index contributed by atoms with van der Waals surface area (Å²) in [6, 6.07) is 9.73. The van der Waals surface area contributed by atoms with Crippen molar-refractivity contribution in [2.75, 3.05) is 26.2 Å². The number of nitrogens with zero attached hydrogens (tertiary/aromatic N) is 5. The van der Waals surface area contributed by atoms with Gasteiger partial charge in [-0.1, -0.05) is 29.8 Å². The van der Waals surface area contributed by atoms with E-state index >= 15 is 0 Å². The molecule has 3 unspecified atom stereocenters. The molecule has 1 saturated heterocycles. The Bertz CT molecular complexity index is 2380. The van der Waals surface area contributed by atoms with Gasteiger partial charge in [0, 0.05) is 41.6 Å². The summed E-state index contributed by atoms with van der Waals surface area (Å²) in [4.78, 5) is 83.8. The van der Waals surface area contributed by atoms with E-state index in [1.54, 1.807) is 18.3 Å². The van der Waals surface area contributed by atoms with E-state index in [0.717, 1.165) is 37.2 Å². The number of aromatic nitrogens is 3. The molecule has 58 heavy (non-hydrogen) atoms. The minimum Gasteiger partial charge on any atom is -0.483 e. The molecule has 5 heterocycles. The second kappa shape index (κ2) is 16.9. The largest absolute Gasteiger partial charge is 0.483 e. The third-order valence-electron chi connectivity index (χ3n) is 9.98. The van der Waals surface area contributed by atoms with E-state index in [4.69, 9.17) is 25.9 Å². The molecule has 0 saturated carbocycles. The molecule has 4 aromatic rings. The Balaban J connectivity index is 0.914. The molecule has 3 aliphatic rings. The van der Waals surface area contributed by atoms with Gasteiger partial charge in [-0.05, 0) is 70.6 Å². The number of hydrogen-bond acceptors (Lipinski definition) is 12. The number of piperidine rings is 1. The maximum Gasteiger partial charge on any atom is 0.266 e. The molecule has 1 fully saturated rings. The Kier molecular flexibility index (Phi) is 11.9. The summed E-state index contributed by atoms with van der Waals surface area (Å²) < 4.78 is 13.7. The molecular formula is C39H40ClN8O8PS. The summed E-state index contributed by atoms with van der Waals surface area (Å²) in [5.41, 5.74) is 3.70. The van der Waals surface area contributed by atoms with Crippen molar-refractivity contribution in [1.82, 2.24) is 35.6 Å². The number of ether oxygens (including phenoxy) is 1.